The highest BCUT2D eigenvalue weighted by Gasteiger charge is 2.24. The summed E-state index contributed by atoms with van der Waals surface area (Å²) in [6, 6.07) is 1.89. The molecule has 1 aromatic heterocycles. The number of carbonyl (C=O) groups excluding carboxylic acids is 2. The number of rotatable bonds is 3. The molecule has 1 unspecified atom stereocenters. The smallest absolute Gasteiger partial charge is 0.268 e. The summed E-state index contributed by atoms with van der Waals surface area (Å²) in [5.74, 6) is -0.156. The second-order valence-corrected chi connectivity index (χ2v) is 5.64. The number of hydrogen-bond acceptors (Lipinski definition) is 2. The van der Waals surface area contributed by atoms with E-state index in [1.54, 1.807) is 6.07 Å². The number of carbonyl (C=O) groups is 2. The third-order valence-corrected chi connectivity index (χ3v) is 3.35. The standard InChI is InChI=1S/C12H16BrN3O2/c1-7(2)16-6-8(13)3-10(16)12(18)15-9-4-11(17)14-5-9/h3,6-7,9H,4-5H2,1-2H3,(H,14,17)(H,15,18). The molecule has 1 atom stereocenters. The largest absolute Gasteiger partial charge is 0.354 e. The van der Waals surface area contributed by atoms with E-state index in [0.29, 0.717) is 18.7 Å². The first-order chi connectivity index (χ1) is 8.47. The van der Waals surface area contributed by atoms with Gasteiger partial charge in [-0.25, -0.2) is 0 Å². The highest BCUT2D eigenvalue weighted by atomic mass is 79.9. The summed E-state index contributed by atoms with van der Waals surface area (Å²) in [6.45, 7) is 4.54. The van der Waals surface area contributed by atoms with Crippen LogP contribution in [0.4, 0.5) is 0 Å². The van der Waals surface area contributed by atoms with Crippen molar-refractivity contribution in [1.82, 2.24) is 15.2 Å². The van der Waals surface area contributed by atoms with Crippen molar-refractivity contribution in [2.75, 3.05) is 6.54 Å². The summed E-state index contributed by atoms with van der Waals surface area (Å²) in [6.07, 6.45) is 2.24. The van der Waals surface area contributed by atoms with Crippen molar-refractivity contribution in [3.63, 3.8) is 0 Å². The molecular formula is C12H16BrN3O2. The summed E-state index contributed by atoms with van der Waals surface area (Å²) < 4.78 is 2.78. The normalized spacial score (nSPS) is 19.1. The second-order valence-electron chi connectivity index (χ2n) is 4.72. The van der Waals surface area contributed by atoms with E-state index in [-0.39, 0.29) is 23.9 Å². The molecule has 0 bridgehead atoms. The topological polar surface area (TPSA) is 63.1 Å². The molecule has 1 aliphatic heterocycles. The lowest BCUT2D eigenvalue weighted by Gasteiger charge is -2.15. The Labute approximate surface area is 114 Å². The minimum atomic E-state index is -0.143. The summed E-state index contributed by atoms with van der Waals surface area (Å²) in [7, 11) is 0. The molecule has 1 saturated heterocycles. The van der Waals surface area contributed by atoms with Crippen LogP contribution in [-0.4, -0.2) is 29.0 Å². The Balaban J connectivity index is 2.11. The molecular weight excluding hydrogens is 298 g/mol. The van der Waals surface area contributed by atoms with Gasteiger partial charge in [-0.05, 0) is 35.8 Å². The van der Waals surface area contributed by atoms with Crippen LogP contribution in [-0.2, 0) is 4.79 Å². The maximum Gasteiger partial charge on any atom is 0.268 e. The van der Waals surface area contributed by atoms with E-state index in [9.17, 15) is 9.59 Å². The highest BCUT2D eigenvalue weighted by Crippen LogP contribution is 2.19. The Kier molecular flexibility index (Phi) is 3.75. The maximum absolute atomic E-state index is 12.2. The molecule has 0 aromatic carbocycles. The van der Waals surface area contributed by atoms with Gasteiger partial charge in [0.25, 0.3) is 5.91 Å². The lowest BCUT2D eigenvalue weighted by molar-refractivity contribution is -0.119. The first-order valence-electron chi connectivity index (χ1n) is 5.92. The zero-order valence-electron chi connectivity index (χ0n) is 10.4. The Morgan fingerprint density at radius 2 is 2.33 bits per heavy atom. The molecule has 2 rings (SSSR count). The van der Waals surface area contributed by atoms with E-state index in [1.807, 2.05) is 24.6 Å². The van der Waals surface area contributed by atoms with Gasteiger partial charge in [-0.3, -0.25) is 9.59 Å². The van der Waals surface area contributed by atoms with Crippen molar-refractivity contribution in [3.05, 3.63) is 22.4 Å². The average Bonchev–Trinajstić information content (AvgIpc) is 2.85. The zero-order valence-corrected chi connectivity index (χ0v) is 12.0. The lowest BCUT2D eigenvalue weighted by atomic mass is 10.2. The van der Waals surface area contributed by atoms with Crippen LogP contribution >= 0.6 is 15.9 Å². The molecule has 18 heavy (non-hydrogen) atoms. The molecule has 1 aromatic rings. The Hall–Kier alpha value is -1.30. The summed E-state index contributed by atoms with van der Waals surface area (Å²) in [5.41, 5.74) is 0.608. The van der Waals surface area contributed by atoms with Gasteiger partial charge in [-0.15, -0.1) is 0 Å². The van der Waals surface area contributed by atoms with Gasteiger partial charge in [0.05, 0.1) is 6.04 Å². The molecule has 2 heterocycles. The van der Waals surface area contributed by atoms with Crippen LogP contribution in [0.2, 0.25) is 0 Å². The molecule has 0 aliphatic carbocycles. The fraction of sp³-hybridized carbons (Fsp3) is 0.500. The van der Waals surface area contributed by atoms with E-state index < -0.39 is 0 Å². The van der Waals surface area contributed by atoms with E-state index >= 15 is 0 Å². The predicted octanol–water partition coefficient (Wildman–Crippen LogP) is 1.45. The molecule has 98 valence electrons. The SMILES string of the molecule is CC(C)n1cc(Br)cc1C(=O)NC1CNC(=O)C1. The number of nitrogens with one attached hydrogen (secondary N) is 2. The van der Waals surface area contributed by atoms with E-state index in [4.69, 9.17) is 0 Å². The van der Waals surface area contributed by atoms with E-state index in [1.165, 1.54) is 0 Å². The molecule has 2 N–H and O–H groups in total. The number of hydrogen-bond donors (Lipinski definition) is 2. The van der Waals surface area contributed by atoms with Crippen molar-refractivity contribution in [3.8, 4) is 0 Å². The Morgan fingerprint density at radius 1 is 1.61 bits per heavy atom. The fourth-order valence-electron chi connectivity index (χ4n) is 2.02. The predicted molar refractivity (Wildman–Crippen MR) is 71.4 cm³/mol. The molecule has 2 amide bonds. The van der Waals surface area contributed by atoms with E-state index in [2.05, 4.69) is 26.6 Å². The monoisotopic (exact) mass is 313 g/mol. The second kappa shape index (κ2) is 5.14. The van der Waals surface area contributed by atoms with Gasteiger partial charge in [-0.2, -0.15) is 0 Å². The number of amides is 2. The molecule has 0 spiro atoms. The van der Waals surface area contributed by atoms with Gasteiger partial charge in [0, 0.05) is 29.7 Å². The molecule has 1 aliphatic rings. The molecule has 0 radical (unpaired) electrons. The zero-order chi connectivity index (χ0) is 13.3. The van der Waals surface area contributed by atoms with Gasteiger partial charge >= 0.3 is 0 Å². The third-order valence-electron chi connectivity index (χ3n) is 2.92. The minimum Gasteiger partial charge on any atom is -0.354 e. The van der Waals surface area contributed by atoms with Crippen LogP contribution in [0.1, 0.15) is 36.8 Å². The van der Waals surface area contributed by atoms with Crippen molar-refractivity contribution in [1.29, 1.82) is 0 Å². The summed E-state index contributed by atoms with van der Waals surface area (Å²) >= 11 is 3.37. The maximum atomic E-state index is 12.2. The first-order valence-corrected chi connectivity index (χ1v) is 6.71. The molecule has 5 nitrogen and oxygen atoms in total. The van der Waals surface area contributed by atoms with Gasteiger partial charge in [0.2, 0.25) is 5.91 Å². The van der Waals surface area contributed by atoms with Gasteiger partial charge in [-0.1, -0.05) is 0 Å². The number of halogens is 1. The van der Waals surface area contributed by atoms with Crippen molar-refractivity contribution < 1.29 is 9.59 Å². The average molecular weight is 314 g/mol. The van der Waals surface area contributed by atoms with Crippen molar-refractivity contribution in [2.24, 2.45) is 0 Å². The van der Waals surface area contributed by atoms with Crippen LogP contribution in [0.5, 0.6) is 0 Å². The third kappa shape index (κ3) is 2.75. The summed E-state index contributed by atoms with van der Waals surface area (Å²) in [5, 5.41) is 5.57. The van der Waals surface area contributed by atoms with Gasteiger partial charge in [0.1, 0.15) is 5.69 Å². The molecule has 6 heteroatoms. The van der Waals surface area contributed by atoms with Crippen LogP contribution in [0, 0.1) is 0 Å². The Bertz CT molecular complexity index is 482. The lowest BCUT2D eigenvalue weighted by Crippen LogP contribution is -2.37. The Morgan fingerprint density at radius 3 is 2.89 bits per heavy atom. The van der Waals surface area contributed by atoms with Crippen molar-refractivity contribution >= 4 is 27.7 Å². The van der Waals surface area contributed by atoms with E-state index in [0.717, 1.165) is 4.47 Å². The van der Waals surface area contributed by atoms with Crippen LogP contribution < -0.4 is 10.6 Å². The van der Waals surface area contributed by atoms with Crippen molar-refractivity contribution in [2.45, 2.75) is 32.4 Å². The van der Waals surface area contributed by atoms with Crippen LogP contribution in [0.3, 0.4) is 0 Å². The molecule has 1 fully saturated rings. The minimum absolute atomic E-state index is 0.0132. The molecule has 0 saturated carbocycles. The first kappa shape index (κ1) is 13.1. The van der Waals surface area contributed by atoms with Crippen LogP contribution in [0.25, 0.3) is 0 Å². The summed E-state index contributed by atoms with van der Waals surface area (Å²) in [4.78, 5) is 23.2. The quantitative estimate of drug-likeness (QED) is 0.887. The van der Waals surface area contributed by atoms with Gasteiger partial charge in [0.15, 0.2) is 0 Å². The highest BCUT2D eigenvalue weighted by molar-refractivity contribution is 9.10. The van der Waals surface area contributed by atoms with Crippen LogP contribution in [0.15, 0.2) is 16.7 Å². The number of aromatic nitrogens is 1. The fourth-order valence-corrected chi connectivity index (χ4v) is 2.46. The van der Waals surface area contributed by atoms with Gasteiger partial charge < -0.3 is 15.2 Å². The number of nitrogens with zero attached hydrogens (tertiary/aromatic N) is 1.